The van der Waals surface area contributed by atoms with Crippen LogP contribution in [0.2, 0.25) is 5.02 Å². The molecule has 4 nitrogen and oxygen atoms in total. The average Bonchev–Trinajstić information content (AvgIpc) is 2.99. The fourth-order valence-corrected chi connectivity index (χ4v) is 2.92. The number of hydrogen-bond donors (Lipinski definition) is 1. The Morgan fingerprint density at radius 2 is 2.19 bits per heavy atom. The van der Waals surface area contributed by atoms with E-state index in [1.807, 2.05) is 18.2 Å². The zero-order valence-electron chi connectivity index (χ0n) is 12.5. The molecule has 1 unspecified atom stereocenters. The lowest BCUT2D eigenvalue weighted by Gasteiger charge is -2.28. The van der Waals surface area contributed by atoms with Gasteiger partial charge in [-0.25, -0.2) is 0 Å². The lowest BCUT2D eigenvalue weighted by molar-refractivity contribution is -0.122. The molecule has 21 heavy (non-hydrogen) atoms. The largest absolute Gasteiger partial charge is 0.384 e. The summed E-state index contributed by atoms with van der Waals surface area (Å²) in [6.07, 6.45) is 2.84. The van der Waals surface area contributed by atoms with E-state index in [2.05, 4.69) is 16.3 Å². The van der Waals surface area contributed by atoms with Crippen molar-refractivity contribution in [3.8, 4) is 0 Å². The molecule has 0 aliphatic carbocycles. The molecule has 1 fully saturated rings. The van der Waals surface area contributed by atoms with Crippen LogP contribution in [0.1, 0.15) is 30.9 Å². The van der Waals surface area contributed by atoms with E-state index in [0.29, 0.717) is 19.6 Å². The molecule has 1 aliphatic rings. The predicted molar refractivity (Wildman–Crippen MR) is 84.5 cm³/mol. The predicted octanol–water partition coefficient (Wildman–Crippen LogP) is 2.63. The van der Waals surface area contributed by atoms with Gasteiger partial charge in [-0.05, 0) is 43.6 Å². The fourth-order valence-electron chi connectivity index (χ4n) is 2.72. The Balaban J connectivity index is 2.00. The van der Waals surface area contributed by atoms with Crippen molar-refractivity contribution in [3.05, 3.63) is 34.9 Å². The first-order valence-corrected chi connectivity index (χ1v) is 7.83. The highest BCUT2D eigenvalue weighted by atomic mass is 35.5. The Labute approximate surface area is 131 Å². The number of carbonyl (C=O) groups is 1. The van der Waals surface area contributed by atoms with Crippen molar-refractivity contribution >= 4 is 17.5 Å². The number of rotatable bonds is 7. The maximum absolute atomic E-state index is 11.8. The Morgan fingerprint density at radius 1 is 1.43 bits per heavy atom. The maximum Gasteiger partial charge on any atom is 0.222 e. The first-order valence-electron chi connectivity index (χ1n) is 7.46. The van der Waals surface area contributed by atoms with Crippen molar-refractivity contribution in [2.45, 2.75) is 25.3 Å². The maximum atomic E-state index is 11.8. The molecule has 0 spiro atoms. The number of nitrogens with one attached hydrogen (secondary N) is 1. The van der Waals surface area contributed by atoms with Gasteiger partial charge < -0.3 is 10.1 Å². The number of ether oxygens (including phenoxy) is 1. The monoisotopic (exact) mass is 310 g/mol. The zero-order valence-corrected chi connectivity index (χ0v) is 13.2. The lowest BCUT2D eigenvalue weighted by atomic mass is 10.1. The molecule has 1 amide bonds. The molecule has 0 aromatic heterocycles. The van der Waals surface area contributed by atoms with Crippen LogP contribution in [-0.4, -0.2) is 44.2 Å². The smallest absolute Gasteiger partial charge is 0.222 e. The Kier molecular flexibility index (Phi) is 6.49. The van der Waals surface area contributed by atoms with Gasteiger partial charge in [0.25, 0.3) is 0 Å². The molecule has 1 aromatic rings. The summed E-state index contributed by atoms with van der Waals surface area (Å²) >= 11 is 6.10. The molecule has 1 aliphatic heterocycles. The molecule has 5 heteroatoms. The second-order valence-corrected chi connectivity index (χ2v) is 5.80. The second kappa shape index (κ2) is 8.37. The standard InChI is InChI=1S/C16H23ClN2O2/c1-21-10-7-16(20)18-12-15(19-8-2-3-9-19)13-5-4-6-14(17)11-13/h4-6,11,15H,2-3,7-10,12H2,1H3,(H,18,20). The van der Waals surface area contributed by atoms with Crippen molar-refractivity contribution < 1.29 is 9.53 Å². The van der Waals surface area contributed by atoms with Crippen LogP contribution in [0.4, 0.5) is 0 Å². The quantitative estimate of drug-likeness (QED) is 0.842. The Hall–Kier alpha value is -1.10. The molecule has 1 N–H and O–H groups in total. The SMILES string of the molecule is COCCC(=O)NCC(c1cccc(Cl)c1)N1CCCC1. The molecule has 1 aromatic carbocycles. The van der Waals surface area contributed by atoms with Gasteiger partial charge in [-0.3, -0.25) is 9.69 Å². The van der Waals surface area contributed by atoms with E-state index in [9.17, 15) is 4.79 Å². The summed E-state index contributed by atoms with van der Waals surface area (Å²) in [6, 6.07) is 8.11. The van der Waals surface area contributed by atoms with E-state index >= 15 is 0 Å². The highest BCUT2D eigenvalue weighted by Crippen LogP contribution is 2.26. The number of amides is 1. The molecule has 2 rings (SSSR count). The third kappa shape index (κ3) is 4.99. The minimum absolute atomic E-state index is 0.0306. The molecule has 1 heterocycles. The average molecular weight is 311 g/mol. The first-order chi connectivity index (χ1) is 10.2. The number of nitrogens with zero attached hydrogens (tertiary/aromatic N) is 1. The first kappa shape index (κ1) is 16.3. The molecular weight excluding hydrogens is 288 g/mol. The molecule has 116 valence electrons. The number of methoxy groups -OCH3 is 1. The van der Waals surface area contributed by atoms with Crippen LogP contribution in [-0.2, 0) is 9.53 Å². The Bertz CT molecular complexity index is 461. The molecule has 0 bridgehead atoms. The topological polar surface area (TPSA) is 41.6 Å². The third-order valence-electron chi connectivity index (χ3n) is 3.84. The fraction of sp³-hybridized carbons (Fsp3) is 0.562. The van der Waals surface area contributed by atoms with Crippen LogP contribution in [0, 0.1) is 0 Å². The summed E-state index contributed by atoms with van der Waals surface area (Å²) in [6.45, 7) is 3.22. The van der Waals surface area contributed by atoms with Crippen molar-refractivity contribution in [2.75, 3.05) is 33.4 Å². The van der Waals surface area contributed by atoms with Crippen molar-refractivity contribution in [3.63, 3.8) is 0 Å². The van der Waals surface area contributed by atoms with Gasteiger partial charge in [0, 0.05) is 25.1 Å². The third-order valence-corrected chi connectivity index (χ3v) is 4.08. The van der Waals surface area contributed by atoms with E-state index in [0.717, 1.165) is 23.7 Å². The van der Waals surface area contributed by atoms with Gasteiger partial charge in [-0.15, -0.1) is 0 Å². The molecule has 0 radical (unpaired) electrons. The van der Waals surface area contributed by atoms with E-state index in [1.54, 1.807) is 7.11 Å². The molecule has 0 saturated carbocycles. The second-order valence-electron chi connectivity index (χ2n) is 5.36. The lowest BCUT2D eigenvalue weighted by Crippen LogP contribution is -2.37. The molecule has 1 atom stereocenters. The molecular formula is C16H23ClN2O2. The number of benzene rings is 1. The van der Waals surface area contributed by atoms with E-state index in [1.165, 1.54) is 12.8 Å². The number of carbonyl (C=O) groups excluding carboxylic acids is 1. The Morgan fingerprint density at radius 3 is 2.86 bits per heavy atom. The zero-order chi connectivity index (χ0) is 15.1. The van der Waals surface area contributed by atoms with Crippen LogP contribution in [0.3, 0.4) is 0 Å². The van der Waals surface area contributed by atoms with E-state index < -0.39 is 0 Å². The van der Waals surface area contributed by atoms with Crippen LogP contribution in [0.25, 0.3) is 0 Å². The summed E-state index contributed by atoms with van der Waals surface area (Å²) in [5.41, 5.74) is 1.16. The van der Waals surface area contributed by atoms with E-state index in [-0.39, 0.29) is 11.9 Å². The van der Waals surface area contributed by atoms with Gasteiger partial charge in [0.15, 0.2) is 0 Å². The summed E-state index contributed by atoms with van der Waals surface area (Å²) < 4.78 is 4.93. The van der Waals surface area contributed by atoms with Crippen LogP contribution in [0.15, 0.2) is 24.3 Å². The van der Waals surface area contributed by atoms with Gasteiger partial charge in [0.1, 0.15) is 0 Å². The summed E-state index contributed by atoms with van der Waals surface area (Å²) in [4.78, 5) is 14.2. The minimum atomic E-state index is 0.0306. The van der Waals surface area contributed by atoms with Gasteiger partial charge >= 0.3 is 0 Å². The number of halogens is 1. The molecule has 1 saturated heterocycles. The summed E-state index contributed by atoms with van der Waals surface area (Å²) in [5.74, 6) is 0.0306. The van der Waals surface area contributed by atoms with Gasteiger partial charge in [-0.2, -0.15) is 0 Å². The van der Waals surface area contributed by atoms with Crippen LogP contribution >= 0.6 is 11.6 Å². The number of likely N-dealkylation sites (tertiary alicyclic amines) is 1. The van der Waals surface area contributed by atoms with Gasteiger partial charge in [0.2, 0.25) is 5.91 Å². The van der Waals surface area contributed by atoms with Crippen LogP contribution < -0.4 is 5.32 Å². The van der Waals surface area contributed by atoms with Crippen molar-refractivity contribution in [2.24, 2.45) is 0 Å². The van der Waals surface area contributed by atoms with Crippen molar-refractivity contribution in [1.82, 2.24) is 10.2 Å². The normalized spacial score (nSPS) is 16.9. The minimum Gasteiger partial charge on any atom is -0.384 e. The summed E-state index contributed by atoms with van der Waals surface area (Å²) in [7, 11) is 1.60. The highest BCUT2D eigenvalue weighted by Gasteiger charge is 2.24. The highest BCUT2D eigenvalue weighted by molar-refractivity contribution is 6.30. The van der Waals surface area contributed by atoms with Gasteiger partial charge in [0.05, 0.1) is 12.6 Å². The summed E-state index contributed by atoms with van der Waals surface area (Å²) in [5, 5.41) is 3.75. The van der Waals surface area contributed by atoms with Crippen molar-refractivity contribution in [1.29, 1.82) is 0 Å². The van der Waals surface area contributed by atoms with E-state index in [4.69, 9.17) is 16.3 Å². The van der Waals surface area contributed by atoms with Gasteiger partial charge in [-0.1, -0.05) is 23.7 Å². The van der Waals surface area contributed by atoms with Crippen LogP contribution in [0.5, 0.6) is 0 Å². The number of hydrogen-bond acceptors (Lipinski definition) is 3.